The molecule has 28 heavy (non-hydrogen) atoms. The second kappa shape index (κ2) is 8.55. The van der Waals surface area contributed by atoms with E-state index in [1.165, 1.54) is 0 Å². The highest BCUT2D eigenvalue weighted by atomic mass is 35.5. The Balaban J connectivity index is 2.02. The van der Waals surface area contributed by atoms with Crippen LogP contribution in [0.25, 0.3) is 0 Å². The molecule has 1 aliphatic rings. The summed E-state index contributed by atoms with van der Waals surface area (Å²) in [6, 6.07) is -0.269. The Morgan fingerprint density at radius 2 is 1.79 bits per heavy atom. The zero-order valence-corrected chi connectivity index (χ0v) is 16.4. The lowest BCUT2D eigenvalue weighted by atomic mass is 9.91. The Hall–Kier alpha value is -2.69. The molecular weight excluding hydrogens is 394 g/mol. The number of alkyl carbamates (subject to hydrolysis) is 1. The number of hydrogen-bond donors (Lipinski definition) is 3. The molecule has 0 radical (unpaired) electrons. The molecule has 0 atom stereocenters. The van der Waals surface area contributed by atoms with Gasteiger partial charge in [0.05, 0.1) is 4.92 Å². The van der Waals surface area contributed by atoms with Crippen LogP contribution in [0.3, 0.4) is 0 Å². The van der Waals surface area contributed by atoms with Gasteiger partial charge in [0.2, 0.25) is 16.8 Å². The van der Waals surface area contributed by atoms with Gasteiger partial charge in [-0.25, -0.2) is 14.6 Å². The van der Waals surface area contributed by atoms with Crippen LogP contribution in [0.15, 0.2) is 0 Å². The minimum atomic E-state index is -1.57. The monoisotopic (exact) mass is 415 g/mol. The van der Waals surface area contributed by atoms with Crippen molar-refractivity contribution in [2.24, 2.45) is 0 Å². The van der Waals surface area contributed by atoms with Crippen LogP contribution in [0.5, 0.6) is 0 Å². The molecule has 1 aromatic rings. The quantitative estimate of drug-likeness (QED) is 0.373. The first-order valence-electron chi connectivity index (χ1n) is 8.67. The van der Waals surface area contributed by atoms with Gasteiger partial charge < -0.3 is 20.5 Å². The second-order valence-electron chi connectivity index (χ2n) is 7.44. The van der Waals surface area contributed by atoms with Crippen molar-refractivity contribution in [3.63, 3.8) is 0 Å². The van der Waals surface area contributed by atoms with Crippen molar-refractivity contribution < 1.29 is 24.4 Å². The summed E-state index contributed by atoms with van der Waals surface area (Å²) in [4.78, 5) is 40.8. The Morgan fingerprint density at radius 1 is 1.21 bits per heavy atom. The number of ether oxygens (including phenoxy) is 1. The fraction of sp³-hybridized carbons (Fsp3) is 0.625. The Labute approximate surface area is 166 Å². The Morgan fingerprint density at radius 3 is 2.29 bits per heavy atom. The third-order valence-electron chi connectivity index (χ3n) is 4.03. The summed E-state index contributed by atoms with van der Waals surface area (Å²) < 4.78 is 5.23. The maximum atomic E-state index is 11.8. The number of carboxylic acids is 1. The second-order valence-corrected chi connectivity index (χ2v) is 7.78. The van der Waals surface area contributed by atoms with Crippen LogP contribution in [0, 0.1) is 10.1 Å². The van der Waals surface area contributed by atoms with E-state index >= 15 is 0 Å². The van der Waals surface area contributed by atoms with Gasteiger partial charge in [-0.15, -0.1) is 0 Å². The summed E-state index contributed by atoms with van der Waals surface area (Å²) in [7, 11) is 0. The highest BCUT2D eigenvalue weighted by molar-refractivity contribution is 6.28. The molecule has 0 bridgehead atoms. The fourth-order valence-electron chi connectivity index (χ4n) is 2.90. The molecule has 3 N–H and O–H groups in total. The highest BCUT2D eigenvalue weighted by Crippen LogP contribution is 2.30. The largest absolute Gasteiger partial charge is 0.476 e. The van der Waals surface area contributed by atoms with Crippen LogP contribution in [0.2, 0.25) is 5.28 Å². The molecule has 2 rings (SSSR count). The van der Waals surface area contributed by atoms with Gasteiger partial charge in [-0.2, -0.15) is 4.98 Å². The summed E-state index contributed by atoms with van der Waals surface area (Å²) in [5, 5.41) is 25.7. The first-order valence-corrected chi connectivity index (χ1v) is 9.05. The topological polar surface area (TPSA) is 157 Å². The Bertz CT molecular complexity index is 774. The van der Waals surface area contributed by atoms with Crippen LogP contribution in [0.1, 0.15) is 56.9 Å². The molecule has 0 unspecified atom stereocenters. The van der Waals surface area contributed by atoms with E-state index in [1.807, 2.05) is 0 Å². The lowest BCUT2D eigenvalue weighted by Crippen LogP contribution is -2.42. The summed E-state index contributed by atoms with van der Waals surface area (Å²) >= 11 is 5.71. The number of carboxylic acid groups (broad SMARTS) is 1. The van der Waals surface area contributed by atoms with Crippen molar-refractivity contribution >= 4 is 35.2 Å². The standard InChI is InChI=1S/C16H22ClN5O6/c1-16(2,3)28-15(25)19-9-6-4-8(5-7-9)18-12-11(22(26)27)10(13(23)24)20-14(17)21-12/h8-9H,4-7H2,1-3H3,(H,19,25)(H,23,24)(H,18,20,21). The summed E-state index contributed by atoms with van der Waals surface area (Å²) in [5.41, 5.74) is -2.09. The molecule has 1 aliphatic carbocycles. The van der Waals surface area contributed by atoms with E-state index in [4.69, 9.17) is 21.4 Å². The molecule has 11 nitrogen and oxygen atoms in total. The van der Waals surface area contributed by atoms with Crippen molar-refractivity contribution in [3.05, 3.63) is 21.1 Å². The summed E-state index contributed by atoms with van der Waals surface area (Å²) in [6.45, 7) is 5.33. The number of halogens is 1. The molecular formula is C16H22ClN5O6. The lowest BCUT2D eigenvalue weighted by molar-refractivity contribution is -0.384. The van der Waals surface area contributed by atoms with Gasteiger partial charge in [-0.1, -0.05) is 0 Å². The van der Waals surface area contributed by atoms with Crippen LogP contribution in [0.4, 0.5) is 16.3 Å². The van der Waals surface area contributed by atoms with Gasteiger partial charge in [-0.05, 0) is 58.1 Å². The van der Waals surface area contributed by atoms with Gasteiger partial charge in [0.1, 0.15) is 5.60 Å². The van der Waals surface area contributed by atoms with Crippen LogP contribution in [-0.2, 0) is 4.74 Å². The molecule has 0 aromatic carbocycles. The first kappa shape index (κ1) is 21.6. The molecule has 0 spiro atoms. The van der Waals surface area contributed by atoms with Crippen LogP contribution >= 0.6 is 11.6 Å². The molecule has 0 saturated heterocycles. The van der Waals surface area contributed by atoms with E-state index in [2.05, 4.69) is 20.6 Å². The fourth-order valence-corrected chi connectivity index (χ4v) is 3.07. The molecule has 1 aromatic heterocycles. The highest BCUT2D eigenvalue weighted by Gasteiger charge is 2.31. The van der Waals surface area contributed by atoms with Gasteiger partial charge in [0, 0.05) is 12.1 Å². The minimum Gasteiger partial charge on any atom is -0.476 e. The predicted molar refractivity (Wildman–Crippen MR) is 99.7 cm³/mol. The number of nitrogens with one attached hydrogen (secondary N) is 2. The van der Waals surface area contributed by atoms with E-state index in [1.54, 1.807) is 20.8 Å². The maximum Gasteiger partial charge on any atom is 0.407 e. The number of rotatable bonds is 5. The molecule has 1 saturated carbocycles. The average Bonchev–Trinajstić information content (AvgIpc) is 2.53. The number of aromatic nitrogens is 2. The zero-order valence-electron chi connectivity index (χ0n) is 15.7. The molecule has 12 heteroatoms. The predicted octanol–water partition coefficient (Wildman–Crippen LogP) is 2.98. The third-order valence-corrected chi connectivity index (χ3v) is 4.20. The zero-order chi connectivity index (χ0) is 21.1. The van der Waals surface area contributed by atoms with Crippen LogP contribution in [-0.4, -0.2) is 49.7 Å². The number of carbonyl (C=O) groups excluding carboxylic acids is 1. The number of amides is 1. The summed E-state index contributed by atoms with van der Waals surface area (Å²) in [5.74, 6) is -1.80. The molecule has 1 amide bonds. The number of aromatic carboxylic acids is 1. The lowest BCUT2D eigenvalue weighted by Gasteiger charge is -2.30. The van der Waals surface area contributed by atoms with Crippen molar-refractivity contribution in [1.82, 2.24) is 15.3 Å². The smallest absolute Gasteiger partial charge is 0.407 e. The van der Waals surface area contributed by atoms with E-state index in [-0.39, 0.29) is 17.9 Å². The molecule has 1 fully saturated rings. The van der Waals surface area contributed by atoms with Gasteiger partial charge in [0.25, 0.3) is 0 Å². The van der Waals surface area contributed by atoms with E-state index in [0.717, 1.165) is 0 Å². The third kappa shape index (κ3) is 5.91. The summed E-state index contributed by atoms with van der Waals surface area (Å²) in [6.07, 6.45) is 1.92. The minimum absolute atomic E-state index is 0.0774. The number of nitrogens with zero attached hydrogens (tertiary/aromatic N) is 3. The maximum absolute atomic E-state index is 11.8. The number of anilines is 1. The van der Waals surface area contributed by atoms with Crippen molar-refractivity contribution in [1.29, 1.82) is 0 Å². The number of nitro groups is 1. The van der Waals surface area contributed by atoms with Crippen molar-refractivity contribution in [3.8, 4) is 0 Å². The van der Waals surface area contributed by atoms with Gasteiger partial charge in [-0.3, -0.25) is 10.1 Å². The van der Waals surface area contributed by atoms with Gasteiger partial charge in [0.15, 0.2) is 0 Å². The molecule has 1 heterocycles. The van der Waals surface area contributed by atoms with Crippen molar-refractivity contribution in [2.45, 2.75) is 64.1 Å². The van der Waals surface area contributed by atoms with E-state index < -0.39 is 39.3 Å². The van der Waals surface area contributed by atoms with E-state index in [9.17, 15) is 19.7 Å². The SMILES string of the molecule is CC(C)(C)OC(=O)NC1CCC(Nc2nc(Cl)nc(C(=O)O)c2[N+](=O)[O-])CC1. The average molecular weight is 416 g/mol. The van der Waals surface area contributed by atoms with Crippen molar-refractivity contribution in [2.75, 3.05) is 5.32 Å². The number of carbonyl (C=O) groups is 2. The van der Waals surface area contributed by atoms with E-state index in [0.29, 0.717) is 25.7 Å². The molecule has 154 valence electrons. The van der Waals surface area contributed by atoms with Gasteiger partial charge >= 0.3 is 17.7 Å². The number of hydrogen-bond acceptors (Lipinski definition) is 8. The normalized spacial score (nSPS) is 19.6. The molecule has 0 aliphatic heterocycles. The van der Waals surface area contributed by atoms with Crippen LogP contribution < -0.4 is 10.6 Å². The first-order chi connectivity index (χ1) is 13.0. The Kier molecular flexibility index (Phi) is 6.60.